The number of methoxy groups -OCH3 is 2. The fourth-order valence-electron chi connectivity index (χ4n) is 6.99. The minimum atomic E-state index is -0.0701. The van der Waals surface area contributed by atoms with Crippen LogP contribution in [-0.2, 0) is 36.1 Å². The number of ether oxygens (including phenoxy) is 2. The van der Waals surface area contributed by atoms with Gasteiger partial charge in [0, 0.05) is 12.8 Å². The van der Waals surface area contributed by atoms with Gasteiger partial charge in [-0.25, -0.2) is 0 Å². The molecule has 2 rings (SSSR count). The van der Waals surface area contributed by atoms with Crippen LogP contribution in [0.25, 0.3) is 0 Å². The summed E-state index contributed by atoms with van der Waals surface area (Å²) in [6, 6.07) is 0. The summed E-state index contributed by atoms with van der Waals surface area (Å²) >= 11 is 0. The summed E-state index contributed by atoms with van der Waals surface area (Å²) < 4.78 is 9.32. The van der Waals surface area contributed by atoms with Gasteiger partial charge in [0.2, 0.25) is 0 Å². The molecule has 5 heteroatoms. The van der Waals surface area contributed by atoms with E-state index >= 15 is 0 Å². The first-order valence-electron chi connectivity index (χ1n) is 14.1. The molecular formula is C32H62FeO4. The molecule has 2 aliphatic rings. The van der Waals surface area contributed by atoms with Gasteiger partial charge in [-0.2, -0.15) is 0 Å². The van der Waals surface area contributed by atoms with Gasteiger partial charge in [-0.05, 0) is 84.9 Å². The van der Waals surface area contributed by atoms with Crippen molar-refractivity contribution in [3.63, 3.8) is 0 Å². The van der Waals surface area contributed by atoms with Crippen molar-refractivity contribution >= 4 is 11.9 Å². The number of hydrogen-bond acceptors (Lipinski definition) is 4. The van der Waals surface area contributed by atoms with Crippen LogP contribution in [0.3, 0.4) is 0 Å². The Morgan fingerprint density at radius 2 is 0.730 bits per heavy atom. The Bertz CT molecular complexity index is 530. The van der Waals surface area contributed by atoms with Crippen molar-refractivity contribution in [2.24, 2.45) is 59.2 Å². The SMILES string of the molecule is COC(=O)CCCCC1C(C)C(C)C(C)C1C.COC(=O)CCCCC1C(C)C(C)C(C)C1C.[CH3-].[CH3-].[Fe+2]. The van der Waals surface area contributed by atoms with Gasteiger partial charge in [0.15, 0.2) is 0 Å². The maximum atomic E-state index is 11.0. The molecule has 8 atom stereocenters. The van der Waals surface area contributed by atoms with Crippen molar-refractivity contribution in [3.8, 4) is 0 Å². The van der Waals surface area contributed by atoms with Crippen LogP contribution in [0.2, 0.25) is 0 Å². The summed E-state index contributed by atoms with van der Waals surface area (Å²) in [7, 11) is 2.93. The zero-order chi connectivity index (χ0) is 26.0. The first-order chi connectivity index (χ1) is 16.0. The average molecular weight is 567 g/mol. The molecule has 2 aliphatic carbocycles. The van der Waals surface area contributed by atoms with E-state index in [1.807, 2.05) is 0 Å². The van der Waals surface area contributed by atoms with Crippen molar-refractivity contribution in [1.29, 1.82) is 0 Å². The quantitative estimate of drug-likeness (QED) is 0.115. The minimum Gasteiger partial charge on any atom is -0.469 e. The van der Waals surface area contributed by atoms with Crippen LogP contribution in [0.1, 0.15) is 107 Å². The van der Waals surface area contributed by atoms with Crippen LogP contribution in [0.15, 0.2) is 0 Å². The standard InChI is InChI=1S/2C15H28O2.2CH3.Fe/c2*1-10-11(2)13(4)14(12(10)3)8-6-7-9-15(16)17-5;;;/h2*10-14H,6-9H2,1-5H3;2*1H3;/q;;2*-1;+2. The smallest absolute Gasteiger partial charge is 0.469 e. The summed E-state index contributed by atoms with van der Waals surface area (Å²) in [6.45, 7) is 19.2. The summed E-state index contributed by atoms with van der Waals surface area (Å²) in [4.78, 5) is 22.0. The predicted octanol–water partition coefficient (Wildman–Crippen LogP) is 8.69. The van der Waals surface area contributed by atoms with Crippen LogP contribution < -0.4 is 0 Å². The fraction of sp³-hybridized carbons (Fsp3) is 0.875. The molecule has 4 nitrogen and oxygen atoms in total. The van der Waals surface area contributed by atoms with E-state index in [4.69, 9.17) is 0 Å². The molecule has 37 heavy (non-hydrogen) atoms. The van der Waals surface area contributed by atoms with E-state index < -0.39 is 0 Å². The van der Waals surface area contributed by atoms with E-state index in [9.17, 15) is 9.59 Å². The first-order valence-corrected chi connectivity index (χ1v) is 14.1. The van der Waals surface area contributed by atoms with E-state index in [0.717, 1.165) is 84.9 Å². The molecule has 0 aromatic heterocycles. The minimum absolute atomic E-state index is 0. The molecule has 2 saturated carbocycles. The number of carbonyl (C=O) groups excluding carboxylic acids is 2. The Morgan fingerprint density at radius 3 is 0.946 bits per heavy atom. The van der Waals surface area contributed by atoms with Crippen LogP contribution in [0.5, 0.6) is 0 Å². The van der Waals surface area contributed by atoms with Crippen LogP contribution in [0, 0.1) is 74.0 Å². The van der Waals surface area contributed by atoms with E-state index in [-0.39, 0.29) is 43.9 Å². The number of esters is 2. The Kier molecular flexibility index (Phi) is 22.5. The fourth-order valence-corrected chi connectivity index (χ4v) is 6.99. The third-order valence-electron chi connectivity index (χ3n) is 10.5. The molecule has 222 valence electrons. The summed E-state index contributed by atoms with van der Waals surface area (Å²) in [6.07, 6.45) is 7.98. The van der Waals surface area contributed by atoms with Gasteiger partial charge >= 0.3 is 29.0 Å². The van der Waals surface area contributed by atoms with Gasteiger partial charge in [-0.15, -0.1) is 0 Å². The normalized spacial score (nSPS) is 34.1. The number of hydrogen-bond donors (Lipinski definition) is 0. The van der Waals surface area contributed by atoms with Crippen molar-refractivity contribution < 1.29 is 36.1 Å². The first kappa shape index (κ1) is 40.9. The topological polar surface area (TPSA) is 52.6 Å². The Labute approximate surface area is 242 Å². The van der Waals surface area contributed by atoms with Gasteiger partial charge in [-0.3, -0.25) is 9.59 Å². The second-order valence-electron chi connectivity index (χ2n) is 11.8. The van der Waals surface area contributed by atoms with Crippen LogP contribution >= 0.6 is 0 Å². The molecular weight excluding hydrogens is 504 g/mol. The van der Waals surface area contributed by atoms with E-state index in [2.05, 4.69) is 64.9 Å². The Balaban J connectivity index is -0.000000578. The Morgan fingerprint density at radius 1 is 0.486 bits per heavy atom. The Hall–Kier alpha value is -0.541. The third kappa shape index (κ3) is 12.0. The summed E-state index contributed by atoms with van der Waals surface area (Å²) in [5.74, 6) is 8.25. The molecule has 0 aromatic rings. The van der Waals surface area contributed by atoms with Crippen molar-refractivity contribution in [1.82, 2.24) is 0 Å². The van der Waals surface area contributed by atoms with Gasteiger partial charge in [0.05, 0.1) is 14.2 Å². The zero-order valence-corrected chi connectivity index (χ0v) is 27.5. The molecule has 2 fully saturated rings. The van der Waals surface area contributed by atoms with E-state index in [0.29, 0.717) is 12.8 Å². The van der Waals surface area contributed by atoms with Gasteiger partial charge in [0.25, 0.3) is 0 Å². The maximum absolute atomic E-state index is 11.0. The number of carbonyl (C=O) groups is 2. The van der Waals surface area contributed by atoms with Crippen molar-refractivity contribution in [3.05, 3.63) is 14.9 Å². The number of rotatable bonds is 10. The molecule has 0 saturated heterocycles. The third-order valence-corrected chi connectivity index (χ3v) is 10.5. The monoisotopic (exact) mass is 566 g/mol. The van der Waals surface area contributed by atoms with E-state index in [1.54, 1.807) is 0 Å². The molecule has 0 radical (unpaired) electrons. The molecule has 0 aliphatic heterocycles. The van der Waals surface area contributed by atoms with Crippen LogP contribution in [0.4, 0.5) is 0 Å². The molecule has 0 amide bonds. The molecule has 0 spiro atoms. The molecule has 0 heterocycles. The van der Waals surface area contributed by atoms with E-state index in [1.165, 1.54) is 27.1 Å². The molecule has 0 N–H and O–H groups in total. The summed E-state index contributed by atoms with van der Waals surface area (Å²) in [5.41, 5.74) is 0. The van der Waals surface area contributed by atoms with Gasteiger partial charge in [-0.1, -0.05) is 68.2 Å². The van der Waals surface area contributed by atoms with Crippen molar-refractivity contribution in [2.45, 2.75) is 107 Å². The van der Waals surface area contributed by atoms with Gasteiger partial charge in [0.1, 0.15) is 0 Å². The van der Waals surface area contributed by atoms with Crippen LogP contribution in [-0.4, -0.2) is 26.2 Å². The second-order valence-corrected chi connectivity index (χ2v) is 11.8. The molecule has 0 aromatic carbocycles. The molecule has 8 unspecified atom stereocenters. The maximum Gasteiger partial charge on any atom is 2.00 e. The second kappa shape index (κ2) is 20.4. The predicted molar refractivity (Wildman–Crippen MR) is 154 cm³/mol. The number of unbranched alkanes of at least 4 members (excludes halogenated alkanes) is 2. The largest absolute Gasteiger partial charge is 2.00 e. The summed E-state index contributed by atoms with van der Waals surface area (Å²) in [5, 5.41) is 0. The average Bonchev–Trinajstić information content (AvgIpc) is 3.13. The van der Waals surface area contributed by atoms with Crippen molar-refractivity contribution in [2.75, 3.05) is 14.2 Å². The van der Waals surface area contributed by atoms with Gasteiger partial charge < -0.3 is 24.3 Å². The molecule has 0 bridgehead atoms. The zero-order valence-electron chi connectivity index (χ0n) is 26.4.